The van der Waals surface area contributed by atoms with Gasteiger partial charge in [0.2, 0.25) is 0 Å². The van der Waals surface area contributed by atoms with Crippen molar-refractivity contribution in [1.29, 1.82) is 0 Å². The van der Waals surface area contributed by atoms with E-state index in [0.29, 0.717) is 0 Å². The zero-order valence-corrected chi connectivity index (χ0v) is 7.48. The third-order valence-corrected chi connectivity index (χ3v) is 1.67. The summed E-state index contributed by atoms with van der Waals surface area (Å²) >= 11 is 0. The van der Waals surface area contributed by atoms with Gasteiger partial charge in [-0.2, -0.15) is 5.10 Å². The molecule has 0 unspecified atom stereocenters. The summed E-state index contributed by atoms with van der Waals surface area (Å²) in [5, 5.41) is 15.5. The second-order valence-electron chi connectivity index (χ2n) is 3.28. The predicted molar refractivity (Wildman–Crippen MR) is 44.4 cm³/mol. The Morgan fingerprint density at radius 3 is 2.77 bits per heavy atom. The van der Waals surface area contributed by atoms with Crippen LogP contribution in [0, 0.1) is 5.41 Å². The molecule has 0 amide bonds. The number of aromatic nitrogens is 3. The zero-order chi connectivity index (χ0) is 9.90. The normalized spacial score (nSPS) is 13.3. The molecule has 0 saturated heterocycles. The molecular formula is C7H11FN4O. The Balaban J connectivity index is 3.01. The number of nitrogens with zero attached hydrogens (tertiary/aromatic N) is 4. The highest BCUT2D eigenvalue weighted by molar-refractivity contribution is 5.88. The van der Waals surface area contributed by atoms with Gasteiger partial charge in [0, 0.05) is 0 Å². The summed E-state index contributed by atoms with van der Waals surface area (Å²) in [6.07, 6.45) is 2.64. The fourth-order valence-electron chi connectivity index (χ4n) is 0.869. The average Bonchev–Trinajstić information content (AvgIpc) is 2.58. The molecule has 0 aromatic carbocycles. The van der Waals surface area contributed by atoms with Crippen molar-refractivity contribution in [3.05, 3.63) is 12.7 Å². The molecular weight excluding hydrogens is 175 g/mol. The summed E-state index contributed by atoms with van der Waals surface area (Å²) in [6.45, 7) is 2.60. The first-order valence-electron chi connectivity index (χ1n) is 3.75. The third kappa shape index (κ3) is 1.82. The number of hydrogen-bond acceptors (Lipinski definition) is 4. The molecule has 1 aromatic heterocycles. The van der Waals surface area contributed by atoms with Crippen LogP contribution in [0.25, 0.3) is 0 Å². The smallest absolute Gasteiger partial charge is 0.178 e. The molecule has 72 valence electrons. The second kappa shape index (κ2) is 3.51. The molecule has 1 aromatic rings. The lowest BCUT2D eigenvalue weighted by molar-refractivity contribution is 0.285. The Kier molecular flexibility index (Phi) is 2.60. The number of alkyl halides is 1. The van der Waals surface area contributed by atoms with Crippen molar-refractivity contribution in [3.8, 4) is 0 Å². The molecule has 6 heteroatoms. The van der Waals surface area contributed by atoms with Gasteiger partial charge in [-0.05, 0) is 0 Å². The molecule has 1 rings (SSSR count). The van der Waals surface area contributed by atoms with Crippen molar-refractivity contribution in [2.75, 3.05) is 6.67 Å². The van der Waals surface area contributed by atoms with Crippen LogP contribution < -0.4 is 0 Å². The summed E-state index contributed by atoms with van der Waals surface area (Å²) < 4.78 is 13.8. The standard InChI is InChI=1S/C7H11FN4O/c1-7(2,3-8)6(11-13)12-5-9-4-10-12/h4-5,13H,3H2,1-2H3/b11-6-. The molecule has 0 spiro atoms. The second-order valence-corrected chi connectivity index (χ2v) is 3.28. The van der Waals surface area contributed by atoms with Crippen LogP contribution >= 0.6 is 0 Å². The molecule has 1 N–H and O–H groups in total. The van der Waals surface area contributed by atoms with Crippen LogP contribution in [0.15, 0.2) is 17.8 Å². The summed E-state index contributed by atoms with van der Waals surface area (Å²) in [5.74, 6) is 0.132. The molecule has 0 fully saturated rings. The van der Waals surface area contributed by atoms with Crippen LogP contribution in [-0.2, 0) is 0 Å². The molecule has 0 aliphatic carbocycles. The summed E-state index contributed by atoms with van der Waals surface area (Å²) in [4.78, 5) is 3.68. The molecule has 13 heavy (non-hydrogen) atoms. The van der Waals surface area contributed by atoms with Crippen LogP contribution in [0.4, 0.5) is 4.39 Å². The van der Waals surface area contributed by atoms with Crippen LogP contribution in [0.2, 0.25) is 0 Å². The quantitative estimate of drug-likeness (QED) is 0.323. The van der Waals surface area contributed by atoms with E-state index in [1.807, 2.05) is 0 Å². The maximum Gasteiger partial charge on any atom is 0.178 e. The molecule has 0 radical (unpaired) electrons. The number of hydrogen-bond donors (Lipinski definition) is 1. The maximum absolute atomic E-state index is 12.5. The first kappa shape index (κ1) is 9.63. The van der Waals surface area contributed by atoms with Crippen molar-refractivity contribution >= 4 is 5.84 Å². The monoisotopic (exact) mass is 186 g/mol. The van der Waals surface area contributed by atoms with Gasteiger partial charge in [0.05, 0.1) is 5.41 Å². The Bertz CT molecular complexity index is 293. The third-order valence-electron chi connectivity index (χ3n) is 1.67. The highest BCUT2D eigenvalue weighted by Crippen LogP contribution is 2.18. The molecule has 0 aliphatic heterocycles. The van der Waals surface area contributed by atoms with Crippen LogP contribution in [-0.4, -0.2) is 32.5 Å². The first-order chi connectivity index (χ1) is 6.11. The molecule has 5 nitrogen and oxygen atoms in total. The van der Waals surface area contributed by atoms with E-state index in [1.165, 1.54) is 17.3 Å². The lowest BCUT2D eigenvalue weighted by Crippen LogP contribution is -2.33. The minimum absolute atomic E-state index is 0.132. The summed E-state index contributed by atoms with van der Waals surface area (Å²) in [5.41, 5.74) is -0.873. The van der Waals surface area contributed by atoms with E-state index < -0.39 is 12.1 Å². The minimum atomic E-state index is -0.873. The first-order valence-corrected chi connectivity index (χ1v) is 3.75. The summed E-state index contributed by atoms with van der Waals surface area (Å²) in [6, 6.07) is 0. The van der Waals surface area contributed by atoms with Gasteiger partial charge in [-0.25, -0.2) is 9.67 Å². The van der Waals surface area contributed by atoms with Crippen molar-refractivity contribution in [3.63, 3.8) is 0 Å². The molecule has 0 aliphatic rings. The number of oxime groups is 1. The van der Waals surface area contributed by atoms with Crippen LogP contribution in [0.1, 0.15) is 13.8 Å². The van der Waals surface area contributed by atoms with E-state index in [2.05, 4.69) is 15.2 Å². The Morgan fingerprint density at radius 2 is 2.38 bits per heavy atom. The number of rotatable bonds is 2. The van der Waals surface area contributed by atoms with Gasteiger partial charge in [0.1, 0.15) is 19.3 Å². The van der Waals surface area contributed by atoms with Crippen molar-refractivity contribution in [2.45, 2.75) is 13.8 Å². The van der Waals surface area contributed by atoms with E-state index in [1.54, 1.807) is 13.8 Å². The fraction of sp³-hybridized carbons (Fsp3) is 0.571. The van der Waals surface area contributed by atoms with E-state index in [9.17, 15) is 4.39 Å². The minimum Gasteiger partial charge on any atom is -0.409 e. The lowest BCUT2D eigenvalue weighted by Gasteiger charge is -2.20. The van der Waals surface area contributed by atoms with Crippen molar-refractivity contribution < 1.29 is 9.60 Å². The van der Waals surface area contributed by atoms with Gasteiger partial charge in [0.25, 0.3) is 0 Å². The molecule has 0 atom stereocenters. The highest BCUT2D eigenvalue weighted by atomic mass is 19.1. The highest BCUT2D eigenvalue weighted by Gasteiger charge is 2.28. The van der Waals surface area contributed by atoms with Crippen molar-refractivity contribution in [2.24, 2.45) is 10.6 Å². The van der Waals surface area contributed by atoms with Crippen LogP contribution in [0.5, 0.6) is 0 Å². The topological polar surface area (TPSA) is 63.3 Å². The van der Waals surface area contributed by atoms with Gasteiger partial charge in [-0.15, -0.1) is 0 Å². The van der Waals surface area contributed by atoms with Gasteiger partial charge in [0.15, 0.2) is 5.84 Å². The fourth-order valence-corrected chi connectivity index (χ4v) is 0.869. The van der Waals surface area contributed by atoms with Gasteiger partial charge < -0.3 is 5.21 Å². The van der Waals surface area contributed by atoms with E-state index >= 15 is 0 Å². The van der Waals surface area contributed by atoms with E-state index in [4.69, 9.17) is 5.21 Å². The molecule has 0 saturated carbocycles. The van der Waals surface area contributed by atoms with E-state index in [-0.39, 0.29) is 5.84 Å². The molecule has 1 heterocycles. The summed E-state index contributed by atoms with van der Waals surface area (Å²) in [7, 11) is 0. The van der Waals surface area contributed by atoms with Crippen molar-refractivity contribution in [1.82, 2.24) is 14.8 Å². The van der Waals surface area contributed by atoms with Gasteiger partial charge in [-0.1, -0.05) is 19.0 Å². The zero-order valence-electron chi connectivity index (χ0n) is 7.48. The Morgan fingerprint density at radius 1 is 1.69 bits per heavy atom. The lowest BCUT2D eigenvalue weighted by atomic mass is 9.94. The maximum atomic E-state index is 12.5. The average molecular weight is 186 g/mol. The van der Waals surface area contributed by atoms with Crippen LogP contribution in [0.3, 0.4) is 0 Å². The largest absolute Gasteiger partial charge is 0.409 e. The van der Waals surface area contributed by atoms with E-state index in [0.717, 1.165) is 0 Å². The Hall–Kier alpha value is -1.46. The van der Waals surface area contributed by atoms with Gasteiger partial charge >= 0.3 is 0 Å². The SMILES string of the molecule is CC(C)(CF)/C(=N/O)n1cncn1. The Labute approximate surface area is 74.9 Å². The molecule has 0 bridgehead atoms. The predicted octanol–water partition coefficient (Wildman–Crippen LogP) is 0.910. The number of halogens is 1. The van der Waals surface area contributed by atoms with Gasteiger partial charge in [-0.3, -0.25) is 4.39 Å².